The Kier molecular flexibility index (Phi) is 3.63. The van der Waals surface area contributed by atoms with E-state index >= 15 is 0 Å². The molecule has 0 saturated heterocycles. The lowest BCUT2D eigenvalue weighted by molar-refractivity contribution is 0.0926. The Morgan fingerprint density at radius 3 is 2.96 bits per heavy atom. The van der Waals surface area contributed by atoms with Gasteiger partial charge in [0, 0.05) is 30.5 Å². The van der Waals surface area contributed by atoms with Gasteiger partial charge in [0.1, 0.15) is 11.6 Å². The number of hydrogen-bond acceptors (Lipinski definition) is 5. The molecule has 2 aromatic rings. The molecule has 0 unspecified atom stereocenters. The van der Waals surface area contributed by atoms with Crippen LogP contribution in [0, 0.1) is 0 Å². The average Bonchev–Trinajstić information content (AvgIpc) is 3.20. The molecule has 1 N–H and O–H groups in total. The number of rotatable bonds is 3. The summed E-state index contributed by atoms with van der Waals surface area (Å²) in [4.78, 5) is 12.5. The van der Waals surface area contributed by atoms with Gasteiger partial charge in [0.25, 0.3) is 5.91 Å². The third-order valence-electron chi connectivity index (χ3n) is 4.46. The molecular formula is C17H20N4O3. The molecule has 2 aliphatic rings. The van der Waals surface area contributed by atoms with Crippen molar-refractivity contribution in [3.63, 3.8) is 0 Å². The number of carbonyl (C=O) groups excluding carboxylic acids is 1. The predicted molar refractivity (Wildman–Crippen MR) is 86.3 cm³/mol. The van der Waals surface area contributed by atoms with Gasteiger partial charge in [-0.15, -0.1) is 10.2 Å². The summed E-state index contributed by atoms with van der Waals surface area (Å²) in [6.45, 7) is 5.13. The van der Waals surface area contributed by atoms with Crippen LogP contribution in [0.4, 0.5) is 0 Å². The van der Waals surface area contributed by atoms with Crippen LogP contribution < -0.4 is 14.8 Å². The lowest BCUT2D eigenvalue weighted by Gasteiger charge is -2.26. The molecule has 1 aromatic heterocycles. The molecule has 126 valence electrons. The predicted octanol–water partition coefficient (Wildman–Crippen LogP) is 1.87. The molecule has 0 fully saturated rings. The number of nitrogens with one attached hydrogen (secondary N) is 1. The van der Waals surface area contributed by atoms with Gasteiger partial charge in [0.2, 0.25) is 6.79 Å². The molecule has 4 rings (SSSR count). The van der Waals surface area contributed by atoms with Gasteiger partial charge in [-0.2, -0.15) is 0 Å². The summed E-state index contributed by atoms with van der Waals surface area (Å²) in [5.41, 5.74) is 0.581. The Morgan fingerprint density at radius 2 is 2.12 bits per heavy atom. The molecule has 0 spiro atoms. The van der Waals surface area contributed by atoms with Gasteiger partial charge in [-0.25, -0.2) is 0 Å². The van der Waals surface area contributed by atoms with E-state index < -0.39 is 0 Å². The highest BCUT2D eigenvalue weighted by Gasteiger charge is 2.25. The Morgan fingerprint density at radius 1 is 1.29 bits per heavy atom. The molecular weight excluding hydrogens is 308 g/mol. The van der Waals surface area contributed by atoms with Crippen molar-refractivity contribution in [1.82, 2.24) is 20.1 Å². The quantitative estimate of drug-likeness (QED) is 0.931. The minimum Gasteiger partial charge on any atom is -0.454 e. The zero-order valence-corrected chi connectivity index (χ0v) is 13.8. The molecule has 1 amide bonds. The number of ether oxygens (including phenoxy) is 2. The molecule has 1 aromatic carbocycles. The first-order valence-corrected chi connectivity index (χ1v) is 8.24. The van der Waals surface area contributed by atoms with Gasteiger partial charge in [0.05, 0.1) is 0 Å². The maximum absolute atomic E-state index is 12.5. The van der Waals surface area contributed by atoms with Crippen LogP contribution in [0.15, 0.2) is 18.2 Å². The SMILES string of the molecule is CC(C)c1nnc2n1C[C@@H](NC(=O)c1ccc3c(c1)OCO3)CC2. The molecule has 0 aliphatic carbocycles. The molecule has 0 radical (unpaired) electrons. The van der Waals surface area contributed by atoms with E-state index in [9.17, 15) is 4.79 Å². The summed E-state index contributed by atoms with van der Waals surface area (Å²) in [6.07, 6.45) is 1.69. The van der Waals surface area contributed by atoms with Gasteiger partial charge in [-0.1, -0.05) is 13.8 Å². The standard InChI is InChI=1S/C17H20N4O3/c1-10(2)16-20-19-15-6-4-12(8-21(15)16)18-17(22)11-3-5-13-14(7-11)24-9-23-13/h3,5,7,10,12H,4,6,8-9H2,1-2H3,(H,18,22)/t12-/m0/s1. The largest absolute Gasteiger partial charge is 0.454 e. The topological polar surface area (TPSA) is 78.3 Å². The van der Waals surface area contributed by atoms with Crippen LogP contribution in [0.1, 0.15) is 48.2 Å². The van der Waals surface area contributed by atoms with Crippen molar-refractivity contribution >= 4 is 5.91 Å². The zero-order valence-electron chi connectivity index (χ0n) is 13.8. The minimum atomic E-state index is -0.0964. The third-order valence-corrected chi connectivity index (χ3v) is 4.46. The van der Waals surface area contributed by atoms with Crippen molar-refractivity contribution in [1.29, 1.82) is 0 Å². The van der Waals surface area contributed by atoms with Crippen molar-refractivity contribution in [2.75, 3.05) is 6.79 Å². The Labute approximate surface area is 140 Å². The van der Waals surface area contributed by atoms with Crippen LogP contribution in [0.25, 0.3) is 0 Å². The Balaban J connectivity index is 1.48. The number of nitrogens with zero attached hydrogens (tertiary/aromatic N) is 3. The number of fused-ring (bicyclic) bond motifs is 2. The molecule has 1 atom stereocenters. The zero-order chi connectivity index (χ0) is 16.7. The number of hydrogen-bond donors (Lipinski definition) is 1. The van der Waals surface area contributed by atoms with E-state index in [4.69, 9.17) is 9.47 Å². The maximum Gasteiger partial charge on any atom is 0.251 e. The maximum atomic E-state index is 12.5. The van der Waals surface area contributed by atoms with Crippen LogP contribution in [0.3, 0.4) is 0 Å². The van der Waals surface area contributed by atoms with E-state index in [1.165, 1.54) is 0 Å². The summed E-state index contributed by atoms with van der Waals surface area (Å²) in [7, 11) is 0. The van der Waals surface area contributed by atoms with Crippen molar-refractivity contribution in [3.8, 4) is 11.5 Å². The molecule has 7 nitrogen and oxygen atoms in total. The van der Waals surface area contributed by atoms with Crippen LogP contribution in [-0.2, 0) is 13.0 Å². The van der Waals surface area contributed by atoms with Crippen LogP contribution in [-0.4, -0.2) is 33.5 Å². The monoisotopic (exact) mass is 328 g/mol. The van der Waals surface area contributed by atoms with Gasteiger partial charge in [-0.05, 0) is 24.6 Å². The molecule has 24 heavy (non-hydrogen) atoms. The van der Waals surface area contributed by atoms with Crippen molar-refractivity contribution in [2.24, 2.45) is 0 Å². The molecule has 0 bridgehead atoms. The molecule has 2 aliphatic heterocycles. The van der Waals surface area contributed by atoms with Crippen LogP contribution >= 0.6 is 0 Å². The second-order valence-electron chi connectivity index (χ2n) is 6.52. The highest BCUT2D eigenvalue weighted by molar-refractivity contribution is 5.95. The van der Waals surface area contributed by atoms with Gasteiger partial charge < -0.3 is 19.4 Å². The second kappa shape index (κ2) is 5.81. The number of aryl methyl sites for hydroxylation is 1. The fourth-order valence-corrected chi connectivity index (χ4v) is 3.20. The normalized spacial score (nSPS) is 18.5. The number of aromatic nitrogens is 3. The van der Waals surface area contributed by atoms with Crippen LogP contribution in [0.2, 0.25) is 0 Å². The van der Waals surface area contributed by atoms with Gasteiger partial charge in [0.15, 0.2) is 11.5 Å². The van der Waals surface area contributed by atoms with E-state index in [0.29, 0.717) is 29.5 Å². The van der Waals surface area contributed by atoms with E-state index in [0.717, 1.165) is 24.5 Å². The number of benzene rings is 1. The lowest BCUT2D eigenvalue weighted by atomic mass is 10.1. The summed E-state index contributed by atoms with van der Waals surface area (Å²) in [5.74, 6) is 3.50. The highest BCUT2D eigenvalue weighted by atomic mass is 16.7. The first-order chi connectivity index (χ1) is 11.6. The number of amides is 1. The average molecular weight is 328 g/mol. The smallest absolute Gasteiger partial charge is 0.251 e. The summed E-state index contributed by atoms with van der Waals surface area (Å²) in [6, 6.07) is 5.33. The lowest BCUT2D eigenvalue weighted by Crippen LogP contribution is -2.41. The molecule has 7 heteroatoms. The minimum absolute atomic E-state index is 0.0731. The van der Waals surface area contributed by atoms with Gasteiger partial charge in [-0.3, -0.25) is 4.79 Å². The third kappa shape index (κ3) is 2.60. The van der Waals surface area contributed by atoms with Crippen molar-refractivity contribution < 1.29 is 14.3 Å². The van der Waals surface area contributed by atoms with E-state index in [-0.39, 0.29) is 18.7 Å². The first kappa shape index (κ1) is 15.0. The van der Waals surface area contributed by atoms with E-state index in [2.05, 4.69) is 33.9 Å². The Bertz CT molecular complexity index is 784. The van der Waals surface area contributed by atoms with E-state index in [1.54, 1.807) is 18.2 Å². The second-order valence-corrected chi connectivity index (χ2v) is 6.52. The summed E-state index contributed by atoms with van der Waals surface area (Å²) in [5, 5.41) is 11.6. The fourth-order valence-electron chi connectivity index (χ4n) is 3.20. The Hall–Kier alpha value is -2.57. The summed E-state index contributed by atoms with van der Waals surface area (Å²) >= 11 is 0. The fraction of sp³-hybridized carbons (Fsp3) is 0.471. The highest BCUT2D eigenvalue weighted by Crippen LogP contribution is 2.32. The van der Waals surface area contributed by atoms with Crippen molar-refractivity contribution in [2.45, 2.75) is 45.2 Å². The van der Waals surface area contributed by atoms with E-state index in [1.807, 2.05) is 0 Å². The van der Waals surface area contributed by atoms with Crippen molar-refractivity contribution in [3.05, 3.63) is 35.4 Å². The molecule has 0 saturated carbocycles. The number of carbonyl (C=O) groups is 1. The van der Waals surface area contributed by atoms with Gasteiger partial charge >= 0.3 is 0 Å². The molecule has 3 heterocycles. The first-order valence-electron chi connectivity index (χ1n) is 8.24. The summed E-state index contributed by atoms with van der Waals surface area (Å²) < 4.78 is 12.7. The van der Waals surface area contributed by atoms with Crippen LogP contribution in [0.5, 0.6) is 11.5 Å².